The second-order valence-corrected chi connectivity index (χ2v) is 7.83. The molecule has 0 aliphatic carbocycles. The first-order valence-electron chi connectivity index (χ1n) is 9.19. The van der Waals surface area contributed by atoms with Crippen LogP contribution in [-0.4, -0.2) is 40.8 Å². The van der Waals surface area contributed by atoms with Crippen molar-refractivity contribution in [2.45, 2.75) is 52.5 Å². The first kappa shape index (κ1) is 19.6. The Kier molecular flexibility index (Phi) is 6.28. The Morgan fingerprint density at radius 1 is 1.33 bits per heavy atom. The molecule has 2 aromatic rings. The second kappa shape index (κ2) is 8.67. The van der Waals surface area contributed by atoms with Crippen LogP contribution in [0.3, 0.4) is 0 Å². The van der Waals surface area contributed by atoms with E-state index in [-0.39, 0.29) is 29.4 Å². The molecule has 1 N–H and O–H groups in total. The lowest BCUT2D eigenvalue weighted by Gasteiger charge is -2.36. The molecular formula is C19H26N4O3S. The van der Waals surface area contributed by atoms with Gasteiger partial charge in [0.1, 0.15) is 5.82 Å². The number of thiazole rings is 1. The molecule has 0 aromatic carbocycles. The Hall–Kier alpha value is -2.19. The van der Waals surface area contributed by atoms with Crippen LogP contribution in [0.4, 0.5) is 5.82 Å². The number of nitrogens with zero attached hydrogens (tertiary/aromatic N) is 3. The number of amides is 1. The van der Waals surface area contributed by atoms with Crippen molar-refractivity contribution >= 4 is 23.1 Å². The Labute approximate surface area is 163 Å². The van der Waals surface area contributed by atoms with E-state index < -0.39 is 0 Å². The predicted octanol–water partition coefficient (Wildman–Crippen LogP) is 1.93. The molecule has 7 nitrogen and oxygen atoms in total. The van der Waals surface area contributed by atoms with Crippen LogP contribution < -0.4 is 15.1 Å². The van der Waals surface area contributed by atoms with E-state index in [0.717, 1.165) is 41.5 Å². The summed E-state index contributed by atoms with van der Waals surface area (Å²) in [7, 11) is 0. The number of hydrogen-bond donors (Lipinski definition) is 1. The van der Waals surface area contributed by atoms with Gasteiger partial charge < -0.3 is 19.5 Å². The van der Waals surface area contributed by atoms with Crippen molar-refractivity contribution in [3.05, 3.63) is 44.6 Å². The van der Waals surface area contributed by atoms with Gasteiger partial charge in [-0.2, -0.15) is 0 Å². The van der Waals surface area contributed by atoms with E-state index in [2.05, 4.69) is 29.0 Å². The number of aryl methyl sites for hydroxylation is 1. The average molecular weight is 391 g/mol. The number of rotatable bonds is 6. The van der Waals surface area contributed by atoms with E-state index >= 15 is 0 Å². The molecule has 0 radical (unpaired) electrons. The Morgan fingerprint density at radius 3 is 2.67 bits per heavy atom. The van der Waals surface area contributed by atoms with E-state index in [0.29, 0.717) is 13.1 Å². The minimum absolute atomic E-state index is 0.0214. The van der Waals surface area contributed by atoms with Gasteiger partial charge in [-0.1, -0.05) is 17.4 Å². The standard InChI is InChI=1S/C19H26N4O3S/c1-13-12-27-19(25)23(13)7-6-18(24)21-9-16-4-5-17(20-8-16)22-10-14(2)26-15(3)11-22/h4-5,8,12,14-15H,6-7,9-11H2,1-3H3,(H,21,24)/t14-,15-/m0/s1. The number of ether oxygens (including phenoxy) is 1. The van der Waals surface area contributed by atoms with Crippen LogP contribution in [0.15, 0.2) is 28.5 Å². The first-order valence-corrected chi connectivity index (χ1v) is 10.1. The van der Waals surface area contributed by atoms with Crippen molar-refractivity contribution < 1.29 is 9.53 Å². The quantitative estimate of drug-likeness (QED) is 0.816. The smallest absolute Gasteiger partial charge is 0.307 e. The Morgan fingerprint density at radius 2 is 2.07 bits per heavy atom. The molecule has 8 heteroatoms. The van der Waals surface area contributed by atoms with Crippen molar-refractivity contribution in [3.8, 4) is 0 Å². The molecule has 0 spiro atoms. The number of morpholine rings is 1. The highest BCUT2D eigenvalue weighted by Gasteiger charge is 2.22. The molecule has 27 heavy (non-hydrogen) atoms. The normalized spacial score (nSPS) is 19.9. The van der Waals surface area contributed by atoms with Crippen LogP contribution in [0.25, 0.3) is 0 Å². The van der Waals surface area contributed by atoms with Gasteiger partial charge in [-0.15, -0.1) is 0 Å². The molecule has 2 atom stereocenters. The van der Waals surface area contributed by atoms with Crippen molar-refractivity contribution in [1.82, 2.24) is 14.9 Å². The summed E-state index contributed by atoms with van der Waals surface area (Å²) in [5.74, 6) is 0.854. The van der Waals surface area contributed by atoms with E-state index in [9.17, 15) is 9.59 Å². The van der Waals surface area contributed by atoms with Crippen LogP contribution in [0.2, 0.25) is 0 Å². The minimum Gasteiger partial charge on any atom is -0.372 e. The molecule has 1 amide bonds. The van der Waals surface area contributed by atoms with E-state index in [1.54, 1.807) is 10.8 Å². The van der Waals surface area contributed by atoms with Gasteiger partial charge in [-0.3, -0.25) is 9.59 Å². The van der Waals surface area contributed by atoms with Gasteiger partial charge in [-0.05, 0) is 32.4 Å². The first-order chi connectivity index (χ1) is 12.9. The summed E-state index contributed by atoms with van der Waals surface area (Å²) in [6.07, 6.45) is 2.46. The van der Waals surface area contributed by atoms with E-state index in [1.165, 1.54) is 0 Å². The fourth-order valence-electron chi connectivity index (χ4n) is 3.25. The molecule has 3 rings (SSSR count). The van der Waals surface area contributed by atoms with Crippen LogP contribution in [0.1, 0.15) is 31.5 Å². The third-order valence-corrected chi connectivity index (χ3v) is 5.46. The van der Waals surface area contributed by atoms with Gasteiger partial charge in [0, 0.05) is 49.9 Å². The highest BCUT2D eigenvalue weighted by atomic mass is 32.1. The third-order valence-electron chi connectivity index (χ3n) is 4.58. The maximum atomic E-state index is 12.1. The van der Waals surface area contributed by atoms with Crippen molar-refractivity contribution in [1.29, 1.82) is 0 Å². The summed E-state index contributed by atoms with van der Waals surface area (Å²) in [6, 6.07) is 3.97. The number of carbonyl (C=O) groups is 1. The molecule has 3 heterocycles. The molecule has 1 aliphatic heterocycles. The van der Waals surface area contributed by atoms with Crippen molar-refractivity contribution in [2.75, 3.05) is 18.0 Å². The fourth-order valence-corrected chi connectivity index (χ4v) is 4.01. The summed E-state index contributed by atoms with van der Waals surface area (Å²) in [5, 5.41) is 4.70. The lowest BCUT2D eigenvalue weighted by molar-refractivity contribution is -0.121. The summed E-state index contributed by atoms with van der Waals surface area (Å²) in [4.78, 5) is 30.5. The summed E-state index contributed by atoms with van der Waals surface area (Å²) >= 11 is 1.16. The largest absolute Gasteiger partial charge is 0.372 e. The van der Waals surface area contributed by atoms with Crippen molar-refractivity contribution in [3.63, 3.8) is 0 Å². The Bertz CT molecular complexity index is 820. The predicted molar refractivity (Wildman–Crippen MR) is 106 cm³/mol. The molecule has 1 saturated heterocycles. The zero-order chi connectivity index (χ0) is 19.4. The monoisotopic (exact) mass is 390 g/mol. The minimum atomic E-state index is -0.0765. The van der Waals surface area contributed by atoms with E-state index in [4.69, 9.17) is 4.74 Å². The molecule has 0 saturated carbocycles. The maximum Gasteiger partial charge on any atom is 0.307 e. The zero-order valence-corrected chi connectivity index (χ0v) is 16.8. The molecule has 0 bridgehead atoms. The zero-order valence-electron chi connectivity index (χ0n) is 16.0. The molecule has 1 aliphatic rings. The lowest BCUT2D eigenvalue weighted by Crippen LogP contribution is -2.45. The SMILES string of the molecule is Cc1csc(=O)n1CCC(=O)NCc1ccc(N2C[C@H](C)O[C@@H](C)C2)nc1. The molecular weight excluding hydrogens is 364 g/mol. The number of carbonyl (C=O) groups excluding carboxylic acids is 1. The molecule has 146 valence electrons. The molecule has 2 aromatic heterocycles. The molecule has 1 fully saturated rings. The number of hydrogen-bond acceptors (Lipinski definition) is 6. The van der Waals surface area contributed by atoms with Crippen LogP contribution in [0.5, 0.6) is 0 Å². The highest BCUT2D eigenvalue weighted by molar-refractivity contribution is 7.07. The lowest BCUT2D eigenvalue weighted by atomic mass is 10.2. The third kappa shape index (κ3) is 5.17. The van der Waals surface area contributed by atoms with Crippen LogP contribution >= 0.6 is 11.3 Å². The topological polar surface area (TPSA) is 76.5 Å². The highest BCUT2D eigenvalue weighted by Crippen LogP contribution is 2.18. The summed E-state index contributed by atoms with van der Waals surface area (Å²) in [5.41, 5.74) is 1.84. The average Bonchev–Trinajstić information content (AvgIpc) is 2.96. The Balaban J connectivity index is 1.48. The number of anilines is 1. The van der Waals surface area contributed by atoms with Gasteiger partial charge in [0.15, 0.2) is 0 Å². The van der Waals surface area contributed by atoms with Crippen LogP contribution in [-0.2, 0) is 22.6 Å². The van der Waals surface area contributed by atoms with E-state index in [1.807, 2.05) is 24.4 Å². The number of aromatic nitrogens is 2. The van der Waals surface area contributed by atoms with Gasteiger partial charge >= 0.3 is 4.87 Å². The maximum absolute atomic E-state index is 12.1. The number of nitrogens with one attached hydrogen (secondary N) is 1. The molecule has 0 unspecified atom stereocenters. The van der Waals surface area contributed by atoms with Gasteiger partial charge in [0.25, 0.3) is 0 Å². The fraction of sp³-hybridized carbons (Fsp3) is 0.526. The van der Waals surface area contributed by atoms with Gasteiger partial charge in [0.05, 0.1) is 12.2 Å². The van der Waals surface area contributed by atoms with Gasteiger partial charge in [-0.25, -0.2) is 4.98 Å². The van der Waals surface area contributed by atoms with Gasteiger partial charge in [0.2, 0.25) is 5.91 Å². The summed E-state index contributed by atoms with van der Waals surface area (Å²) < 4.78 is 7.38. The second-order valence-electron chi connectivity index (χ2n) is 7.01. The summed E-state index contributed by atoms with van der Waals surface area (Å²) in [6.45, 7) is 8.50. The van der Waals surface area contributed by atoms with Crippen LogP contribution in [0, 0.1) is 6.92 Å². The van der Waals surface area contributed by atoms with Crippen molar-refractivity contribution in [2.24, 2.45) is 0 Å². The number of pyridine rings is 1.